The van der Waals surface area contributed by atoms with E-state index in [2.05, 4.69) is 31.3 Å². The molecular weight excluding hydrogens is 286 g/mol. The van der Waals surface area contributed by atoms with Crippen LogP contribution in [0, 0.1) is 13.8 Å². The smallest absolute Gasteiger partial charge is 0.262 e. The van der Waals surface area contributed by atoms with Gasteiger partial charge in [0.1, 0.15) is 5.75 Å². The third kappa shape index (κ3) is 4.59. The zero-order valence-corrected chi connectivity index (χ0v) is 14.3. The molecule has 0 bridgehead atoms. The van der Waals surface area contributed by atoms with Crippen LogP contribution in [0.4, 0.5) is 5.69 Å². The predicted molar refractivity (Wildman–Crippen MR) is 95.2 cm³/mol. The van der Waals surface area contributed by atoms with E-state index < -0.39 is 0 Å². The molecule has 1 N–H and O–H groups in total. The Morgan fingerprint density at radius 2 is 1.91 bits per heavy atom. The van der Waals surface area contributed by atoms with Crippen LogP contribution in [0.25, 0.3) is 0 Å². The van der Waals surface area contributed by atoms with Crippen molar-refractivity contribution in [2.45, 2.75) is 40.0 Å². The summed E-state index contributed by atoms with van der Waals surface area (Å²) >= 11 is 0. The van der Waals surface area contributed by atoms with Crippen LogP contribution in [-0.2, 0) is 4.79 Å². The zero-order chi connectivity index (χ0) is 16.8. The van der Waals surface area contributed by atoms with Gasteiger partial charge in [-0.3, -0.25) is 4.79 Å². The molecule has 0 saturated heterocycles. The van der Waals surface area contributed by atoms with Crippen molar-refractivity contribution in [1.29, 1.82) is 0 Å². The molecule has 0 heterocycles. The molecule has 0 radical (unpaired) electrons. The van der Waals surface area contributed by atoms with Gasteiger partial charge in [0.2, 0.25) is 0 Å². The fourth-order valence-corrected chi connectivity index (χ4v) is 2.52. The molecule has 0 unspecified atom stereocenters. The van der Waals surface area contributed by atoms with Crippen molar-refractivity contribution in [2.75, 3.05) is 11.9 Å². The van der Waals surface area contributed by atoms with Gasteiger partial charge in [0.05, 0.1) is 0 Å². The highest BCUT2D eigenvalue weighted by molar-refractivity contribution is 5.92. The molecule has 2 aromatic carbocycles. The number of carbonyl (C=O) groups excluding carboxylic acids is 1. The van der Waals surface area contributed by atoms with E-state index in [1.54, 1.807) is 0 Å². The fraction of sp³-hybridized carbons (Fsp3) is 0.350. The van der Waals surface area contributed by atoms with Crippen LogP contribution in [0.3, 0.4) is 0 Å². The van der Waals surface area contributed by atoms with Gasteiger partial charge in [0.15, 0.2) is 6.61 Å². The minimum absolute atomic E-state index is 0.0146. The summed E-state index contributed by atoms with van der Waals surface area (Å²) in [7, 11) is 0. The molecule has 2 aromatic rings. The van der Waals surface area contributed by atoms with Crippen molar-refractivity contribution in [3.05, 3.63) is 59.2 Å². The minimum atomic E-state index is -0.143. The third-order valence-electron chi connectivity index (χ3n) is 4.08. The number of carbonyl (C=O) groups is 1. The molecule has 1 amide bonds. The lowest BCUT2D eigenvalue weighted by Gasteiger charge is -2.16. The summed E-state index contributed by atoms with van der Waals surface area (Å²) in [4.78, 5) is 12.1. The minimum Gasteiger partial charge on any atom is -0.483 e. The number of para-hydroxylation sites is 1. The lowest BCUT2D eigenvalue weighted by Crippen LogP contribution is -2.21. The quantitative estimate of drug-likeness (QED) is 0.829. The van der Waals surface area contributed by atoms with Gasteiger partial charge in [-0.2, -0.15) is 0 Å². The summed E-state index contributed by atoms with van der Waals surface area (Å²) < 4.78 is 5.75. The molecule has 23 heavy (non-hydrogen) atoms. The summed E-state index contributed by atoms with van der Waals surface area (Å²) in [6.45, 7) is 8.35. The molecular formula is C20H25NO2. The number of hydrogen-bond donors (Lipinski definition) is 1. The Balaban J connectivity index is 2.00. The number of aryl methyl sites for hydroxylation is 2. The molecule has 0 spiro atoms. The molecule has 1 atom stereocenters. The van der Waals surface area contributed by atoms with Gasteiger partial charge in [0, 0.05) is 5.69 Å². The fourth-order valence-electron chi connectivity index (χ4n) is 2.52. The van der Waals surface area contributed by atoms with Gasteiger partial charge < -0.3 is 10.1 Å². The first-order chi connectivity index (χ1) is 11.0. The van der Waals surface area contributed by atoms with E-state index in [0.29, 0.717) is 5.92 Å². The van der Waals surface area contributed by atoms with Gasteiger partial charge in [0.25, 0.3) is 5.91 Å². The summed E-state index contributed by atoms with van der Waals surface area (Å²) in [5, 5.41) is 2.91. The topological polar surface area (TPSA) is 38.3 Å². The van der Waals surface area contributed by atoms with Gasteiger partial charge >= 0.3 is 0 Å². The van der Waals surface area contributed by atoms with Gasteiger partial charge in [-0.15, -0.1) is 0 Å². The van der Waals surface area contributed by atoms with E-state index >= 15 is 0 Å². The first kappa shape index (κ1) is 17.1. The maximum Gasteiger partial charge on any atom is 0.262 e. The molecule has 3 heteroatoms. The SMILES string of the molecule is CC[C@H](C)c1ccccc1OCC(=O)Nc1ccc(C)cc1C. The highest BCUT2D eigenvalue weighted by Crippen LogP contribution is 2.28. The van der Waals surface area contributed by atoms with E-state index in [1.165, 1.54) is 5.56 Å². The molecule has 3 nitrogen and oxygen atoms in total. The van der Waals surface area contributed by atoms with E-state index in [-0.39, 0.29) is 12.5 Å². The second kappa shape index (κ2) is 7.82. The predicted octanol–water partition coefficient (Wildman–Crippen LogP) is 4.83. The zero-order valence-electron chi connectivity index (χ0n) is 14.3. The van der Waals surface area contributed by atoms with Crippen LogP contribution in [-0.4, -0.2) is 12.5 Å². The van der Waals surface area contributed by atoms with Crippen molar-refractivity contribution in [1.82, 2.24) is 0 Å². The van der Waals surface area contributed by atoms with Crippen molar-refractivity contribution in [3.63, 3.8) is 0 Å². The number of nitrogens with one attached hydrogen (secondary N) is 1. The monoisotopic (exact) mass is 311 g/mol. The maximum absolute atomic E-state index is 12.1. The number of amides is 1. The van der Waals surface area contributed by atoms with Gasteiger partial charge in [-0.05, 0) is 49.4 Å². The Hall–Kier alpha value is -2.29. The number of rotatable bonds is 6. The molecule has 0 fully saturated rings. The standard InChI is InChI=1S/C20H25NO2/c1-5-15(3)17-8-6-7-9-19(17)23-13-20(22)21-18-11-10-14(2)12-16(18)4/h6-12,15H,5,13H2,1-4H3,(H,21,22)/t15-/m0/s1. The Kier molecular flexibility index (Phi) is 5.80. The Morgan fingerprint density at radius 3 is 2.61 bits per heavy atom. The van der Waals surface area contributed by atoms with Gasteiger partial charge in [-0.25, -0.2) is 0 Å². The molecule has 0 aliphatic heterocycles. The van der Waals surface area contributed by atoms with E-state index in [9.17, 15) is 4.79 Å². The second-order valence-corrected chi connectivity index (χ2v) is 6.00. The lowest BCUT2D eigenvalue weighted by molar-refractivity contribution is -0.118. The van der Waals surface area contributed by atoms with Gasteiger partial charge in [-0.1, -0.05) is 49.7 Å². The van der Waals surface area contributed by atoms with Crippen LogP contribution >= 0.6 is 0 Å². The highest BCUT2D eigenvalue weighted by atomic mass is 16.5. The summed E-state index contributed by atoms with van der Waals surface area (Å²) in [5.74, 6) is 1.06. The number of benzene rings is 2. The summed E-state index contributed by atoms with van der Waals surface area (Å²) in [6.07, 6.45) is 1.04. The van der Waals surface area contributed by atoms with Crippen molar-refractivity contribution < 1.29 is 9.53 Å². The molecule has 2 rings (SSSR count). The Morgan fingerprint density at radius 1 is 1.17 bits per heavy atom. The van der Waals surface area contributed by atoms with Crippen LogP contribution in [0.5, 0.6) is 5.75 Å². The molecule has 0 aliphatic carbocycles. The average molecular weight is 311 g/mol. The summed E-state index contributed by atoms with van der Waals surface area (Å²) in [5.41, 5.74) is 4.21. The number of ether oxygens (including phenoxy) is 1. The lowest BCUT2D eigenvalue weighted by atomic mass is 9.98. The van der Waals surface area contributed by atoms with Crippen molar-refractivity contribution in [3.8, 4) is 5.75 Å². The number of hydrogen-bond acceptors (Lipinski definition) is 2. The van der Waals surface area contributed by atoms with Crippen LogP contribution in [0.15, 0.2) is 42.5 Å². The largest absolute Gasteiger partial charge is 0.483 e. The first-order valence-corrected chi connectivity index (χ1v) is 8.10. The molecule has 0 aliphatic rings. The molecule has 122 valence electrons. The first-order valence-electron chi connectivity index (χ1n) is 8.10. The normalized spacial score (nSPS) is 11.8. The average Bonchev–Trinajstić information content (AvgIpc) is 2.55. The second-order valence-electron chi connectivity index (χ2n) is 6.00. The molecule has 0 aromatic heterocycles. The summed E-state index contributed by atoms with van der Waals surface area (Å²) in [6, 6.07) is 13.9. The highest BCUT2D eigenvalue weighted by Gasteiger charge is 2.11. The van der Waals surface area contributed by atoms with E-state index in [1.807, 2.05) is 44.2 Å². The Labute approximate surface area is 138 Å². The maximum atomic E-state index is 12.1. The Bertz CT molecular complexity index is 679. The van der Waals surface area contributed by atoms with Crippen LogP contribution in [0.2, 0.25) is 0 Å². The van der Waals surface area contributed by atoms with Crippen LogP contribution in [0.1, 0.15) is 42.9 Å². The van der Waals surface area contributed by atoms with Crippen molar-refractivity contribution in [2.24, 2.45) is 0 Å². The van der Waals surface area contributed by atoms with E-state index in [0.717, 1.165) is 29.0 Å². The third-order valence-corrected chi connectivity index (χ3v) is 4.08. The van der Waals surface area contributed by atoms with E-state index in [4.69, 9.17) is 4.74 Å². The number of anilines is 1. The van der Waals surface area contributed by atoms with Crippen LogP contribution < -0.4 is 10.1 Å². The molecule has 0 saturated carbocycles. The van der Waals surface area contributed by atoms with Crippen molar-refractivity contribution >= 4 is 11.6 Å².